The van der Waals surface area contributed by atoms with E-state index in [1.165, 1.54) is 19.2 Å². The Morgan fingerprint density at radius 3 is 2.69 bits per heavy atom. The molecule has 3 aromatic rings. The summed E-state index contributed by atoms with van der Waals surface area (Å²) < 4.78 is 10.7. The molecule has 0 aliphatic carbocycles. The Hall–Kier alpha value is -2.57. The number of aryl methyl sites for hydroxylation is 1. The maximum Gasteiger partial charge on any atom is 0.375 e. The van der Waals surface area contributed by atoms with E-state index < -0.39 is 18.0 Å². The number of furan rings is 1. The molecule has 134 valence electrons. The second kappa shape index (κ2) is 7.35. The third-order valence-corrected chi connectivity index (χ3v) is 4.23. The maximum atomic E-state index is 12.4. The van der Waals surface area contributed by atoms with Gasteiger partial charge in [-0.15, -0.1) is 0 Å². The van der Waals surface area contributed by atoms with Gasteiger partial charge in [0.25, 0.3) is 5.91 Å². The molecule has 0 aliphatic rings. The lowest BCUT2D eigenvalue weighted by molar-refractivity contribution is -0.123. The van der Waals surface area contributed by atoms with Gasteiger partial charge >= 0.3 is 5.97 Å². The number of para-hydroxylation sites is 1. The molecule has 0 aliphatic heterocycles. The Bertz CT molecular complexity index is 1000. The predicted molar refractivity (Wildman–Crippen MR) is 98.7 cm³/mol. The van der Waals surface area contributed by atoms with Crippen molar-refractivity contribution >= 4 is 51.9 Å². The van der Waals surface area contributed by atoms with E-state index in [9.17, 15) is 9.59 Å². The average molecular weight is 393 g/mol. The number of rotatable bonds is 4. The van der Waals surface area contributed by atoms with Gasteiger partial charge in [0.15, 0.2) is 11.9 Å². The van der Waals surface area contributed by atoms with Crippen molar-refractivity contribution in [2.45, 2.75) is 20.0 Å². The van der Waals surface area contributed by atoms with Crippen LogP contribution in [0.2, 0.25) is 10.0 Å². The van der Waals surface area contributed by atoms with Crippen LogP contribution in [0, 0.1) is 6.92 Å². The topological polar surface area (TPSA) is 81.4 Å². The Kier molecular flexibility index (Phi) is 5.15. The Morgan fingerprint density at radius 1 is 1.27 bits per heavy atom. The first kappa shape index (κ1) is 18.2. The standard InChI is InChI=1S/C18H14Cl2N2O4/c1-9-12-5-3-4-6-14(12)26-15(9)18(24)25-10(2)17(23)22-16-13(20)7-11(19)8-21-16/h3-8,10H,1-2H3,(H,21,22,23)/t10-/m0/s1. The largest absolute Gasteiger partial charge is 0.449 e. The number of ether oxygens (including phenoxy) is 1. The Labute approximate surface area is 159 Å². The summed E-state index contributed by atoms with van der Waals surface area (Å²) >= 11 is 11.7. The van der Waals surface area contributed by atoms with E-state index in [4.69, 9.17) is 32.4 Å². The summed E-state index contributed by atoms with van der Waals surface area (Å²) in [5, 5.41) is 3.82. The fraction of sp³-hybridized carbons (Fsp3) is 0.167. The molecule has 3 rings (SSSR count). The number of hydrogen-bond acceptors (Lipinski definition) is 5. The highest BCUT2D eigenvalue weighted by Gasteiger charge is 2.24. The molecule has 0 fully saturated rings. The van der Waals surface area contributed by atoms with Crippen LogP contribution >= 0.6 is 23.2 Å². The first-order valence-electron chi connectivity index (χ1n) is 7.68. The molecule has 2 aromatic heterocycles. The van der Waals surface area contributed by atoms with Gasteiger partial charge in [-0.25, -0.2) is 9.78 Å². The van der Waals surface area contributed by atoms with E-state index in [0.717, 1.165) is 5.39 Å². The summed E-state index contributed by atoms with van der Waals surface area (Å²) in [4.78, 5) is 28.5. The zero-order valence-electron chi connectivity index (χ0n) is 13.9. The van der Waals surface area contributed by atoms with Crippen molar-refractivity contribution in [1.29, 1.82) is 0 Å². The number of fused-ring (bicyclic) bond motifs is 1. The van der Waals surface area contributed by atoms with E-state index in [-0.39, 0.29) is 16.6 Å². The molecule has 0 saturated carbocycles. The number of benzene rings is 1. The number of esters is 1. The zero-order valence-corrected chi connectivity index (χ0v) is 15.4. The van der Waals surface area contributed by atoms with Crippen molar-refractivity contribution in [3.05, 3.63) is 57.9 Å². The van der Waals surface area contributed by atoms with Crippen molar-refractivity contribution in [3.63, 3.8) is 0 Å². The normalized spacial score (nSPS) is 12.0. The molecule has 1 N–H and O–H groups in total. The summed E-state index contributed by atoms with van der Waals surface area (Å²) in [6.07, 6.45) is 0.265. The lowest BCUT2D eigenvalue weighted by atomic mass is 10.1. The molecule has 0 radical (unpaired) electrons. The van der Waals surface area contributed by atoms with Crippen LogP contribution in [0.5, 0.6) is 0 Å². The molecule has 0 spiro atoms. The highest BCUT2D eigenvalue weighted by atomic mass is 35.5. The maximum absolute atomic E-state index is 12.4. The Morgan fingerprint density at radius 2 is 2.00 bits per heavy atom. The number of amides is 1. The van der Waals surface area contributed by atoms with Crippen LogP contribution in [-0.2, 0) is 9.53 Å². The molecule has 1 atom stereocenters. The van der Waals surface area contributed by atoms with Gasteiger partial charge in [0, 0.05) is 17.1 Å². The molecular weight excluding hydrogens is 379 g/mol. The van der Waals surface area contributed by atoms with Crippen LogP contribution < -0.4 is 5.32 Å². The van der Waals surface area contributed by atoms with Crippen LogP contribution in [0.25, 0.3) is 11.0 Å². The number of halogens is 2. The lowest BCUT2D eigenvalue weighted by Gasteiger charge is -2.13. The smallest absolute Gasteiger partial charge is 0.375 e. The monoisotopic (exact) mass is 392 g/mol. The first-order valence-corrected chi connectivity index (χ1v) is 8.43. The average Bonchev–Trinajstić information content (AvgIpc) is 2.94. The SMILES string of the molecule is Cc1c(C(=O)O[C@@H](C)C(=O)Nc2ncc(Cl)cc2Cl)oc2ccccc12. The third-order valence-electron chi connectivity index (χ3n) is 3.73. The van der Waals surface area contributed by atoms with Gasteiger partial charge in [-0.3, -0.25) is 4.79 Å². The van der Waals surface area contributed by atoms with Gasteiger partial charge in [0.1, 0.15) is 5.58 Å². The van der Waals surface area contributed by atoms with Crippen LogP contribution in [0.4, 0.5) is 5.82 Å². The first-order chi connectivity index (χ1) is 12.4. The van der Waals surface area contributed by atoms with E-state index in [0.29, 0.717) is 16.2 Å². The summed E-state index contributed by atoms with van der Waals surface area (Å²) in [5.41, 5.74) is 1.23. The van der Waals surface area contributed by atoms with E-state index in [1.807, 2.05) is 12.1 Å². The fourth-order valence-corrected chi connectivity index (χ4v) is 2.79. The molecule has 26 heavy (non-hydrogen) atoms. The molecule has 1 aromatic carbocycles. The second-order valence-electron chi connectivity index (χ2n) is 5.57. The zero-order chi connectivity index (χ0) is 18.8. The van der Waals surface area contributed by atoms with E-state index >= 15 is 0 Å². The highest BCUT2D eigenvalue weighted by molar-refractivity contribution is 6.36. The van der Waals surface area contributed by atoms with E-state index in [1.54, 1.807) is 19.1 Å². The number of anilines is 1. The van der Waals surface area contributed by atoms with Gasteiger partial charge in [0.05, 0.1) is 10.0 Å². The summed E-state index contributed by atoms with van der Waals surface area (Å²) in [7, 11) is 0. The number of carbonyl (C=O) groups is 2. The number of carbonyl (C=O) groups excluding carboxylic acids is 2. The van der Waals surface area contributed by atoms with E-state index in [2.05, 4.69) is 10.3 Å². The molecule has 2 heterocycles. The molecule has 1 amide bonds. The molecule has 0 saturated heterocycles. The van der Waals surface area contributed by atoms with Gasteiger partial charge in [-0.1, -0.05) is 41.4 Å². The van der Waals surface area contributed by atoms with Crippen molar-refractivity contribution < 1.29 is 18.7 Å². The Balaban J connectivity index is 1.71. The number of pyridine rings is 1. The molecular formula is C18H14Cl2N2O4. The minimum atomic E-state index is -1.08. The summed E-state index contributed by atoms with van der Waals surface area (Å²) in [6, 6.07) is 8.69. The van der Waals surface area contributed by atoms with Crippen LogP contribution in [0.3, 0.4) is 0 Å². The number of hydrogen-bond donors (Lipinski definition) is 1. The summed E-state index contributed by atoms with van der Waals surface area (Å²) in [5.74, 6) is -1.11. The number of nitrogens with zero attached hydrogens (tertiary/aromatic N) is 1. The summed E-state index contributed by atoms with van der Waals surface area (Å²) in [6.45, 7) is 3.19. The fourth-order valence-electron chi connectivity index (χ4n) is 2.36. The van der Waals surface area contributed by atoms with Crippen LogP contribution in [0.1, 0.15) is 23.0 Å². The van der Waals surface area contributed by atoms with Gasteiger partial charge < -0.3 is 14.5 Å². The van der Waals surface area contributed by atoms with Gasteiger partial charge in [0.2, 0.25) is 5.76 Å². The van der Waals surface area contributed by atoms with Crippen LogP contribution in [0.15, 0.2) is 40.9 Å². The molecule has 6 nitrogen and oxygen atoms in total. The minimum Gasteiger partial charge on any atom is -0.449 e. The van der Waals surface area contributed by atoms with Gasteiger partial charge in [-0.2, -0.15) is 0 Å². The minimum absolute atomic E-state index is 0.0634. The quantitative estimate of drug-likeness (QED) is 0.654. The van der Waals surface area contributed by atoms with Crippen molar-refractivity contribution in [1.82, 2.24) is 4.98 Å². The molecule has 0 bridgehead atoms. The second-order valence-corrected chi connectivity index (χ2v) is 6.42. The number of aromatic nitrogens is 1. The lowest BCUT2D eigenvalue weighted by Crippen LogP contribution is -2.30. The van der Waals surface area contributed by atoms with Crippen LogP contribution in [-0.4, -0.2) is 23.0 Å². The van der Waals surface area contributed by atoms with Crippen molar-refractivity contribution in [2.75, 3.05) is 5.32 Å². The van der Waals surface area contributed by atoms with Crippen molar-refractivity contribution in [2.24, 2.45) is 0 Å². The highest BCUT2D eigenvalue weighted by Crippen LogP contribution is 2.26. The third kappa shape index (κ3) is 3.66. The molecule has 8 heteroatoms. The predicted octanol–water partition coefficient (Wildman–Crippen LogP) is 4.63. The molecule has 0 unspecified atom stereocenters. The number of nitrogens with one attached hydrogen (secondary N) is 1. The van der Waals surface area contributed by atoms with Crippen molar-refractivity contribution in [3.8, 4) is 0 Å². The van der Waals surface area contributed by atoms with Gasteiger partial charge in [-0.05, 0) is 26.0 Å².